The lowest BCUT2D eigenvalue weighted by Crippen LogP contribution is -2.26. The van der Waals surface area contributed by atoms with Crippen molar-refractivity contribution in [3.63, 3.8) is 0 Å². The van der Waals surface area contributed by atoms with E-state index in [4.69, 9.17) is 27.9 Å². The number of ether oxygens (including phenoxy) is 1. The van der Waals surface area contributed by atoms with Gasteiger partial charge in [0.1, 0.15) is 5.75 Å². The summed E-state index contributed by atoms with van der Waals surface area (Å²) in [6, 6.07) is 11.0. The van der Waals surface area contributed by atoms with Gasteiger partial charge in [-0.25, -0.2) is 13.1 Å². The first kappa shape index (κ1) is 18.1. The summed E-state index contributed by atoms with van der Waals surface area (Å²) in [6.07, 6.45) is 0. The van der Waals surface area contributed by atoms with Crippen LogP contribution in [0, 0.1) is 0 Å². The normalized spacial score (nSPS) is 12.9. The van der Waals surface area contributed by atoms with Crippen LogP contribution in [0.2, 0.25) is 10.0 Å². The molecule has 2 rings (SSSR count). The van der Waals surface area contributed by atoms with Crippen molar-refractivity contribution in [2.45, 2.75) is 24.8 Å². The molecule has 0 radical (unpaired) electrons. The number of benzene rings is 2. The summed E-state index contributed by atoms with van der Waals surface area (Å²) in [7, 11) is -3.69. The molecule has 1 atom stereocenters. The first-order chi connectivity index (χ1) is 10.8. The predicted octanol–water partition coefficient (Wildman–Crippen LogP) is 4.43. The topological polar surface area (TPSA) is 55.4 Å². The fraction of sp³-hybridized carbons (Fsp3) is 0.250. The minimum atomic E-state index is -3.69. The molecule has 1 N–H and O–H groups in total. The zero-order valence-electron chi connectivity index (χ0n) is 12.7. The van der Waals surface area contributed by atoms with Crippen molar-refractivity contribution in [3.8, 4) is 5.75 Å². The van der Waals surface area contributed by atoms with Crippen molar-refractivity contribution in [1.82, 2.24) is 4.72 Å². The highest BCUT2D eigenvalue weighted by molar-refractivity contribution is 7.89. The third-order valence-electron chi connectivity index (χ3n) is 3.22. The molecule has 0 heterocycles. The minimum absolute atomic E-state index is 0.0896. The van der Waals surface area contributed by atoms with Crippen molar-refractivity contribution in [2.75, 3.05) is 6.61 Å². The fourth-order valence-electron chi connectivity index (χ4n) is 2.04. The van der Waals surface area contributed by atoms with Crippen LogP contribution in [0.5, 0.6) is 5.75 Å². The molecule has 0 saturated carbocycles. The summed E-state index contributed by atoms with van der Waals surface area (Å²) in [5.74, 6) is 0.457. The maximum absolute atomic E-state index is 12.5. The standard InChI is InChI=1S/C16H17Cl2NO3S/c1-3-22-16-9-8-14(10-15(16)18)23(20,21)19-11(2)12-4-6-13(17)7-5-12/h4-11,19H,3H2,1-2H3/t11-/m1/s1. The smallest absolute Gasteiger partial charge is 0.241 e. The Morgan fingerprint density at radius 3 is 2.35 bits per heavy atom. The molecule has 0 amide bonds. The first-order valence-electron chi connectivity index (χ1n) is 7.03. The highest BCUT2D eigenvalue weighted by atomic mass is 35.5. The van der Waals surface area contributed by atoms with E-state index in [9.17, 15) is 8.42 Å². The van der Waals surface area contributed by atoms with E-state index in [1.807, 2.05) is 6.92 Å². The Kier molecular flexibility index (Phi) is 5.92. The summed E-state index contributed by atoms with van der Waals surface area (Å²) in [5.41, 5.74) is 0.815. The SMILES string of the molecule is CCOc1ccc(S(=O)(=O)N[C@H](C)c2ccc(Cl)cc2)cc1Cl. The molecule has 0 aliphatic heterocycles. The van der Waals surface area contributed by atoms with Crippen LogP contribution >= 0.6 is 23.2 Å². The van der Waals surface area contributed by atoms with E-state index in [1.165, 1.54) is 12.1 Å². The maximum atomic E-state index is 12.5. The molecule has 4 nitrogen and oxygen atoms in total. The summed E-state index contributed by atoms with van der Waals surface area (Å²) >= 11 is 11.9. The monoisotopic (exact) mass is 373 g/mol. The third-order valence-corrected chi connectivity index (χ3v) is 5.30. The third kappa shape index (κ3) is 4.61. The van der Waals surface area contributed by atoms with Gasteiger partial charge >= 0.3 is 0 Å². The lowest BCUT2D eigenvalue weighted by molar-refractivity contribution is 0.340. The first-order valence-corrected chi connectivity index (χ1v) is 9.27. The van der Waals surface area contributed by atoms with Crippen molar-refractivity contribution < 1.29 is 13.2 Å². The van der Waals surface area contributed by atoms with Crippen LogP contribution in [0.25, 0.3) is 0 Å². The summed E-state index contributed by atoms with van der Waals surface area (Å²) in [6.45, 7) is 4.05. The zero-order chi connectivity index (χ0) is 17.0. The Balaban J connectivity index is 2.21. The number of sulfonamides is 1. The molecule has 0 aromatic heterocycles. The molecule has 0 spiro atoms. The molecule has 0 fully saturated rings. The molecular formula is C16H17Cl2NO3S. The second-order valence-corrected chi connectivity index (χ2v) is 7.48. The summed E-state index contributed by atoms with van der Waals surface area (Å²) in [4.78, 5) is 0.0896. The van der Waals surface area contributed by atoms with E-state index in [0.717, 1.165) is 5.56 Å². The molecule has 0 aliphatic carbocycles. The van der Waals surface area contributed by atoms with Gasteiger partial charge in [-0.2, -0.15) is 0 Å². The number of halogens is 2. The van der Waals surface area contributed by atoms with Gasteiger partial charge in [-0.05, 0) is 49.7 Å². The molecule has 0 aliphatic rings. The van der Waals surface area contributed by atoms with Crippen LogP contribution in [-0.2, 0) is 10.0 Å². The molecule has 7 heteroatoms. The highest BCUT2D eigenvalue weighted by Gasteiger charge is 2.19. The van der Waals surface area contributed by atoms with Crippen LogP contribution in [0.15, 0.2) is 47.4 Å². The van der Waals surface area contributed by atoms with Gasteiger partial charge in [-0.3, -0.25) is 0 Å². The largest absolute Gasteiger partial charge is 0.492 e. The highest BCUT2D eigenvalue weighted by Crippen LogP contribution is 2.28. The average molecular weight is 374 g/mol. The van der Waals surface area contributed by atoms with E-state index < -0.39 is 16.1 Å². The zero-order valence-corrected chi connectivity index (χ0v) is 15.0. The Morgan fingerprint density at radius 1 is 1.13 bits per heavy atom. The van der Waals surface area contributed by atoms with Gasteiger partial charge in [0.25, 0.3) is 0 Å². The van der Waals surface area contributed by atoms with Crippen molar-refractivity contribution in [2.24, 2.45) is 0 Å². The second-order valence-electron chi connectivity index (χ2n) is 4.92. The van der Waals surface area contributed by atoms with Crippen molar-refractivity contribution >= 4 is 33.2 Å². The number of rotatable bonds is 6. The van der Waals surface area contributed by atoms with E-state index in [-0.39, 0.29) is 9.92 Å². The van der Waals surface area contributed by atoms with E-state index in [2.05, 4.69) is 4.72 Å². The maximum Gasteiger partial charge on any atom is 0.241 e. The molecule has 0 saturated heterocycles. The van der Waals surface area contributed by atoms with Crippen molar-refractivity contribution in [3.05, 3.63) is 58.1 Å². The average Bonchev–Trinajstić information content (AvgIpc) is 2.49. The van der Waals surface area contributed by atoms with Crippen LogP contribution in [0.3, 0.4) is 0 Å². The molecule has 124 valence electrons. The van der Waals surface area contributed by atoms with Gasteiger partial charge in [-0.1, -0.05) is 35.3 Å². The number of hydrogen-bond donors (Lipinski definition) is 1. The van der Waals surface area contributed by atoms with E-state index in [1.54, 1.807) is 37.3 Å². The van der Waals surface area contributed by atoms with Gasteiger partial charge in [0, 0.05) is 11.1 Å². The van der Waals surface area contributed by atoms with Gasteiger partial charge in [0.2, 0.25) is 10.0 Å². The van der Waals surface area contributed by atoms with Gasteiger partial charge < -0.3 is 4.74 Å². The number of nitrogens with one attached hydrogen (secondary N) is 1. The van der Waals surface area contributed by atoms with Crippen LogP contribution in [-0.4, -0.2) is 15.0 Å². The molecule has 0 bridgehead atoms. The van der Waals surface area contributed by atoms with Crippen LogP contribution in [0.4, 0.5) is 0 Å². The lowest BCUT2D eigenvalue weighted by atomic mass is 10.1. The molecule has 2 aromatic rings. The Hall–Kier alpha value is -1.27. The number of hydrogen-bond acceptors (Lipinski definition) is 3. The molecule has 23 heavy (non-hydrogen) atoms. The Labute approximate surface area is 146 Å². The van der Waals surface area contributed by atoms with E-state index in [0.29, 0.717) is 17.4 Å². The predicted molar refractivity (Wildman–Crippen MR) is 92.8 cm³/mol. The van der Waals surface area contributed by atoms with E-state index >= 15 is 0 Å². The molecular weight excluding hydrogens is 357 g/mol. The quantitative estimate of drug-likeness (QED) is 0.814. The van der Waals surface area contributed by atoms with Gasteiger partial charge in [0.15, 0.2) is 0 Å². The lowest BCUT2D eigenvalue weighted by Gasteiger charge is -2.15. The summed E-state index contributed by atoms with van der Waals surface area (Å²) in [5, 5.41) is 0.857. The van der Waals surface area contributed by atoms with Crippen LogP contribution < -0.4 is 9.46 Å². The summed E-state index contributed by atoms with van der Waals surface area (Å²) < 4.78 is 32.9. The fourth-order valence-corrected chi connectivity index (χ4v) is 3.73. The van der Waals surface area contributed by atoms with Gasteiger partial charge in [-0.15, -0.1) is 0 Å². The Bertz CT molecular complexity index is 776. The van der Waals surface area contributed by atoms with Gasteiger partial charge in [0.05, 0.1) is 16.5 Å². The second kappa shape index (κ2) is 7.53. The van der Waals surface area contributed by atoms with Crippen molar-refractivity contribution in [1.29, 1.82) is 0 Å². The minimum Gasteiger partial charge on any atom is -0.492 e. The molecule has 2 aromatic carbocycles. The Morgan fingerprint density at radius 2 is 1.78 bits per heavy atom. The molecule has 0 unspecified atom stereocenters. The van der Waals surface area contributed by atoms with Crippen LogP contribution in [0.1, 0.15) is 25.5 Å².